The molecule has 0 aromatic heterocycles. The molecule has 0 radical (unpaired) electrons. The van der Waals surface area contributed by atoms with Crippen LogP contribution < -0.4 is 5.32 Å². The zero-order valence-corrected chi connectivity index (χ0v) is 10.4. The van der Waals surface area contributed by atoms with Crippen molar-refractivity contribution >= 4 is 5.97 Å². The molecule has 2 saturated carbocycles. The Balaban J connectivity index is 1.61. The van der Waals surface area contributed by atoms with Gasteiger partial charge in [-0.2, -0.15) is 0 Å². The van der Waals surface area contributed by atoms with Crippen LogP contribution in [0.3, 0.4) is 0 Å². The normalized spacial score (nSPS) is 19.2. The second kappa shape index (κ2) is 4.73. The molecule has 0 heterocycles. The molecule has 3 rings (SSSR count). The van der Waals surface area contributed by atoms with Gasteiger partial charge in [0.1, 0.15) is 0 Å². The van der Waals surface area contributed by atoms with Gasteiger partial charge >= 0.3 is 5.97 Å². The molecule has 0 aliphatic heterocycles. The number of hydrogen-bond acceptors (Lipinski definition) is 2. The number of carboxylic acid groups (broad SMARTS) is 1. The molecule has 1 aromatic rings. The number of benzene rings is 1. The van der Waals surface area contributed by atoms with E-state index in [1.165, 1.54) is 25.7 Å². The Kier molecular flexibility index (Phi) is 3.08. The summed E-state index contributed by atoms with van der Waals surface area (Å²) >= 11 is 0. The van der Waals surface area contributed by atoms with E-state index in [0.29, 0.717) is 11.6 Å². The maximum atomic E-state index is 10.9. The summed E-state index contributed by atoms with van der Waals surface area (Å²) < 4.78 is 0. The Morgan fingerprint density at radius 2 is 1.94 bits per heavy atom. The van der Waals surface area contributed by atoms with Crippen molar-refractivity contribution < 1.29 is 9.90 Å². The van der Waals surface area contributed by atoms with E-state index in [2.05, 4.69) is 5.32 Å². The highest BCUT2D eigenvalue weighted by molar-refractivity contribution is 5.87. The molecule has 0 saturated heterocycles. The molecule has 96 valence electrons. The Hall–Kier alpha value is -1.35. The zero-order valence-electron chi connectivity index (χ0n) is 10.4. The second-order valence-corrected chi connectivity index (χ2v) is 5.59. The van der Waals surface area contributed by atoms with Gasteiger partial charge in [-0.3, -0.25) is 0 Å². The first-order chi connectivity index (χ1) is 8.74. The number of carboxylic acids is 1. The van der Waals surface area contributed by atoms with Crippen molar-refractivity contribution in [2.75, 3.05) is 0 Å². The topological polar surface area (TPSA) is 49.3 Å². The maximum Gasteiger partial charge on any atom is 0.335 e. The summed E-state index contributed by atoms with van der Waals surface area (Å²) in [6.45, 7) is 0.790. The quantitative estimate of drug-likeness (QED) is 0.810. The molecule has 0 unspecified atom stereocenters. The number of hydrogen-bond donors (Lipinski definition) is 2. The van der Waals surface area contributed by atoms with Gasteiger partial charge in [-0.25, -0.2) is 4.79 Å². The minimum Gasteiger partial charge on any atom is -0.478 e. The number of rotatable bonds is 6. The average Bonchev–Trinajstić information content (AvgIpc) is 3.23. The third-order valence-electron chi connectivity index (χ3n) is 3.98. The van der Waals surface area contributed by atoms with Crippen molar-refractivity contribution in [1.82, 2.24) is 5.32 Å². The average molecular weight is 245 g/mol. The number of aromatic carboxylic acids is 1. The SMILES string of the molecule is O=C(O)c1cccc(CNC(C2CC2)C2CC2)c1. The highest BCUT2D eigenvalue weighted by Gasteiger charge is 2.40. The summed E-state index contributed by atoms with van der Waals surface area (Å²) in [4.78, 5) is 10.9. The summed E-state index contributed by atoms with van der Waals surface area (Å²) in [6, 6.07) is 7.90. The molecule has 0 bridgehead atoms. The lowest BCUT2D eigenvalue weighted by atomic mass is 10.1. The molecule has 3 heteroatoms. The van der Waals surface area contributed by atoms with Gasteiger partial charge in [0.25, 0.3) is 0 Å². The van der Waals surface area contributed by atoms with Crippen molar-refractivity contribution in [2.24, 2.45) is 11.8 Å². The van der Waals surface area contributed by atoms with E-state index in [9.17, 15) is 4.79 Å². The lowest BCUT2D eigenvalue weighted by Crippen LogP contribution is -2.32. The van der Waals surface area contributed by atoms with Crippen molar-refractivity contribution in [3.63, 3.8) is 0 Å². The smallest absolute Gasteiger partial charge is 0.335 e. The Labute approximate surface area is 107 Å². The molecule has 3 nitrogen and oxygen atoms in total. The van der Waals surface area contributed by atoms with E-state index < -0.39 is 5.97 Å². The van der Waals surface area contributed by atoms with Gasteiger partial charge in [-0.15, -0.1) is 0 Å². The van der Waals surface area contributed by atoms with Gasteiger partial charge in [0, 0.05) is 12.6 Å². The summed E-state index contributed by atoms with van der Waals surface area (Å²) in [7, 11) is 0. The molecule has 0 amide bonds. The minimum atomic E-state index is -0.849. The summed E-state index contributed by atoms with van der Waals surface area (Å²) in [5.41, 5.74) is 1.45. The third-order valence-corrected chi connectivity index (χ3v) is 3.98. The Morgan fingerprint density at radius 3 is 2.50 bits per heavy atom. The summed E-state index contributed by atoms with van der Waals surface area (Å²) in [6.07, 6.45) is 5.46. The van der Waals surface area contributed by atoms with E-state index in [1.807, 2.05) is 12.1 Å². The molecule has 2 fully saturated rings. The van der Waals surface area contributed by atoms with Crippen LogP contribution in [-0.2, 0) is 6.54 Å². The van der Waals surface area contributed by atoms with Gasteiger partial charge in [-0.05, 0) is 55.2 Å². The predicted molar refractivity (Wildman–Crippen MR) is 69.5 cm³/mol. The van der Waals surface area contributed by atoms with E-state index in [-0.39, 0.29) is 0 Å². The van der Waals surface area contributed by atoms with Crippen LogP contribution in [0.1, 0.15) is 41.6 Å². The van der Waals surface area contributed by atoms with Gasteiger partial charge < -0.3 is 10.4 Å². The van der Waals surface area contributed by atoms with Gasteiger partial charge in [0.2, 0.25) is 0 Å². The molecule has 0 spiro atoms. The van der Waals surface area contributed by atoms with Crippen LogP contribution in [0.4, 0.5) is 0 Å². The van der Waals surface area contributed by atoms with E-state index in [1.54, 1.807) is 12.1 Å². The molecule has 2 N–H and O–H groups in total. The van der Waals surface area contributed by atoms with Crippen LogP contribution in [0, 0.1) is 11.8 Å². The molecule has 18 heavy (non-hydrogen) atoms. The fraction of sp³-hybridized carbons (Fsp3) is 0.533. The van der Waals surface area contributed by atoms with Crippen molar-refractivity contribution in [1.29, 1.82) is 0 Å². The fourth-order valence-electron chi connectivity index (χ4n) is 2.68. The van der Waals surface area contributed by atoms with E-state index >= 15 is 0 Å². The number of carbonyl (C=O) groups is 1. The van der Waals surface area contributed by atoms with Gasteiger partial charge in [-0.1, -0.05) is 12.1 Å². The van der Waals surface area contributed by atoms with Crippen LogP contribution in [-0.4, -0.2) is 17.1 Å². The van der Waals surface area contributed by atoms with E-state index in [4.69, 9.17) is 5.11 Å². The molecule has 2 aliphatic carbocycles. The number of nitrogens with one attached hydrogen (secondary N) is 1. The summed E-state index contributed by atoms with van der Waals surface area (Å²) in [5.74, 6) is 0.901. The first kappa shape index (κ1) is 11.7. The molecule has 0 atom stereocenters. The lowest BCUT2D eigenvalue weighted by molar-refractivity contribution is 0.0696. The largest absolute Gasteiger partial charge is 0.478 e. The third kappa shape index (κ3) is 2.72. The molecule has 2 aliphatic rings. The Morgan fingerprint density at radius 1 is 1.28 bits per heavy atom. The van der Waals surface area contributed by atoms with Crippen LogP contribution in [0.2, 0.25) is 0 Å². The van der Waals surface area contributed by atoms with Crippen molar-refractivity contribution in [3.8, 4) is 0 Å². The highest BCUT2D eigenvalue weighted by Crippen LogP contribution is 2.44. The molecule has 1 aromatic carbocycles. The lowest BCUT2D eigenvalue weighted by Gasteiger charge is -2.17. The summed E-state index contributed by atoms with van der Waals surface area (Å²) in [5, 5.41) is 12.6. The van der Waals surface area contributed by atoms with Gasteiger partial charge in [0.05, 0.1) is 5.56 Å². The molecular weight excluding hydrogens is 226 g/mol. The van der Waals surface area contributed by atoms with Crippen LogP contribution >= 0.6 is 0 Å². The van der Waals surface area contributed by atoms with Crippen molar-refractivity contribution in [3.05, 3.63) is 35.4 Å². The predicted octanol–water partition coefficient (Wildman–Crippen LogP) is 2.66. The molecular formula is C15H19NO2. The zero-order chi connectivity index (χ0) is 12.5. The Bertz CT molecular complexity index is 438. The van der Waals surface area contributed by atoms with Crippen LogP contribution in [0.5, 0.6) is 0 Å². The van der Waals surface area contributed by atoms with Crippen LogP contribution in [0.25, 0.3) is 0 Å². The first-order valence-corrected chi connectivity index (χ1v) is 6.79. The second-order valence-electron chi connectivity index (χ2n) is 5.59. The highest BCUT2D eigenvalue weighted by atomic mass is 16.4. The van der Waals surface area contributed by atoms with E-state index in [0.717, 1.165) is 23.9 Å². The monoisotopic (exact) mass is 245 g/mol. The first-order valence-electron chi connectivity index (χ1n) is 6.79. The standard InChI is InChI=1S/C15H19NO2/c17-15(18)13-3-1-2-10(8-13)9-16-14(11-4-5-11)12-6-7-12/h1-3,8,11-12,14,16H,4-7,9H2,(H,17,18). The minimum absolute atomic E-state index is 0.378. The van der Waals surface area contributed by atoms with Crippen LogP contribution in [0.15, 0.2) is 24.3 Å². The van der Waals surface area contributed by atoms with Gasteiger partial charge in [0.15, 0.2) is 0 Å². The maximum absolute atomic E-state index is 10.9. The van der Waals surface area contributed by atoms with Crippen molar-refractivity contribution in [2.45, 2.75) is 38.3 Å². The fourth-order valence-corrected chi connectivity index (χ4v) is 2.68.